The summed E-state index contributed by atoms with van der Waals surface area (Å²) in [5.41, 5.74) is 2.87. The molecule has 1 fully saturated rings. The topological polar surface area (TPSA) is 21.3 Å². The van der Waals surface area contributed by atoms with Gasteiger partial charge in [-0.25, -0.2) is 0 Å². The number of ether oxygens (including phenoxy) is 1. The van der Waals surface area contributed by atoms with Gasteiger partial charge in [-0.2, -0.15) is 0 Å². The molecule has 3 heteroatoms. The van der Waals surface area contributed by atoms with Gasteiger partial charge in [-0.05, 0) is 48.6 Å². The third kappa shape index (κ3) is 4.06. The van der Waals surface area contributed by atoms with Gasteiger partial charge in [0.05, 0.1) is 12.8 Å². The summed E-state index contributed by atoms with van der Waals surface area (Å²) in [6.45, 7) is 11.5. The highest BCUT2D eigenvalue weighted by Crippen LogP contribution is 2.47. The molecule has 0 spiro atoms. The average molecular weight is 310 g/mol. The zero-order chi connectivity index (χ0) is 15.8. The summed E-state index contributed by atoms with van der Waals surface area (Å²) in [4.78, 5) is 0. The van der Waals surface area contributed by atoms with Crippen LogP contribution in [0.25, 0.3) is 0 Å². The van der Waals surface area contributed by atoms with Crippen molar-refractivity contribution >= 4 is 17.3 Å². The Hall–Kier alpha value is -0.890. The van der Waals surface area contributed by atoms with Crippen LogP contribution in [0.15, 0.2) is 12.1 Å². The van der Waals surface area contributed by atoms with Crippen LogP contribution in [0, 0.1) is 17.8 Å². The van der Waals surface area contributed by atoms with Gasteiger partial charge in [0, 0.05) is 17.1 Å². The average Bonchev–Trinajstić information content (AvgIpc) is 2.29. The number of halogens is 1. The van der Waals surface area contributed by atoms with Crippen LogP contribution in [0.5, 0.6) is 5.75 Å². The SMILES string of the molecule is COc1cc(Cl)c(C)cc1NC1CC(C)(C)CC(C)(C)C1. The number of aryl methyl sites for hydroxylation is 1. The van der Waals surface area contributed by atoms with Gasteiger partial charge < -0.3 is 10.1 Å². The molecule has 2 nitrogen and oxygen atoms in total. The van der Waals surface area contributed by atoms with Crippen molar-refractivity contribution in [3.8, 4) is 5.75 Å². The zero-order valence-electron chi connectivity index (χ0n) is 14.1. The Morgan fingerprint density at radius 2 is 1.71 bits per heavy atom. The molecule has 0 aliphatic heterocycles. The summed E-state index contributed by atoms with van der Waals surface area (Å²) >= 11 is 6.19. The normalized spacial score (nSPS) is 21.1. The summed E-state index contributed by atoms with van der Waals surface area (Å²) in [5, 5.41) is 4.45. The summed E-state index contributed by atoms with van der Waals surface area (Å²) < 4.78 is 5.48. The van der Waals surface area contributed by atoms with Crippen molar-refractivity contribution in [2.24, 2.45) is 10.8 Å². The molecular weight excluding hydrogens is 282 g/mol. The van der Waals surface area contributed by atoms with Crippen molar-refractivity contribution in [2.45, 2.75) is 59.9 Å². The van der Waals surface area contributed by atoms with Crippen molar-refractivity contribution in [1.82, 2.24) is 0 Å². The fourth-order valence-electron chi connectivity index (χ4n) is 4.11. The molecule has 0 atom stereocenters. The first-order chi connectivity index (χ1) is 9.62. The predicted octanol–water partition coefficient (Wildman–Crippen LogP) is 5.67. The first-order valence-electron chi connectivity index (χ1n) is 7.73. The Morgan fingerprint density at radius 1 is 1.14 bits per heavy atom. The Labute approximate surface area is 134 Å². The number of benzene rings is 1. The molecule has 2 rings (SSSR count). The molecule has 1 saturated carbocycles. The van der Waals surface area contributed by atoms with Gasteiger partial charge in [0.1, 0.15) is 5.75 Å². The van der Waals surface area contributed by atoms with E-state index in [0.29, 0.717) is 16.9 Å². The van der Waals surface area contributed by atoms with E-state index < -0.39 is 0 Å². The number of hydrogen-bond acceptors (Lipinski definition) is 2. The molecular formula is C18H28ClNO. The fraction of sp³-hybridized carbons (Fsp3) is 0.667. The predicted molar refractivity (Wildman–Crippen MR) is 91.6 cm³/mol. The lowest BCUT2D eigenvalue weighted by molar-refractivity contribution is 0.105. The largest absolute Gasteiger partial charge is 0.495 e. The van der Waals surface area contributed by atoms with Crippen LogP contribution in [-0.4, -0.2) is 13.2 Å². The second kappa shape index (κ2) is 5.72. The number of anilines is 1. The molecule has 0 unspecified atom stereocenters. The molecule has 1 aromatic carbocycles. The molecule has 1 aliphatic carbocycles. The van der Waals surface area contributed by atoms with Gasteiger partial charge >= 0.3 is 0 Å². The Balaban J connectivity index is 2.23. The van der Waals surface area contributed by atoms with Crippen molar-refractivity contribution in [1.29, 1.82) is 0 Å². The van der Waals surface area contributed by atoms with Crippen LogP contribution >= 0.6 is 11.6 Å². The summed E-state index contributed by atoms with van der Waals surface area (Å²) in [6.07, 6.45) is 3.64. The highest BCUT2D eigenvalue weighted by atomic mass is 35.5. The van der Waals surface area contributed by atoms with Crippen LogP contribution < -0.4 is 10.1 Å². The van der Waals surface area contributed by atoms with Gasteiger partial charge in [0.2, 0.25) is 0 Å². The number of methoxy groups -OCH3 is 1. The molecule has 1 aliphatic rings. The maximum Gasteiger partial charge on any atom is 0.143 e. The smallest absolute Gasteiger partial charge is 0.143 e. The van der Waals surface area contributed by atoms with Crippen LogP contribution in [-0.2, 0) is 0 Å². The van der Waals surface area contributed by atoms with Gasteiger partial charge in [0.25, 0.3) is 0 Å². The third-order valence-corrected chi connectivity index (χ3v) is 4.80. The van der Waals surface area contributed by atoms with E-state index in [2.05, 4.69) is 39.1 Å². The second-order valence-electron chi connectivity index (χ2n) is 8.06. The number of nitrogens with one attached hydrogen (secondary N) is 1. The minimum absolute atomic E-state index is 0.369. The maximum absolute atomic E-state index is 6.19. The molecule has 0 bridgehead atoms. The lowest BCUT2D eigenvalue weighted by Crippen LogP contribution is -2.40. The van der Waals surface area contributed by atoms with Crippen LogP contribution in [0.2, 0.25) is 5.02 Å². The maximum atomic E-state index is 6.19. The first kappa shape index (κ1) is 16.5. The quantitative estimate of drug-likeness (QED) is 0.776. The lowest BCUT2D eigenvalue weighted by atomic mass is 9.63. The van der Waals surface area contributed by atoms with Crippen LogP contribution in [0.4, 0.5) is 5.69 Å². The van der Waals surface area contributed by atoms with Crippen molar-refractivity contribution < 1.29 is 4.74 Å². The number of rotatable bonds is 3. The monoisotopic (exact) mass is 309 g/mol. The Morgan fingerprint density at radius 3 is 2.24 bits per heavy atom. The van der Waals surface area contributed by atoms with Gasteiger partial charge in [-0.15, -0.1) is 0 Å². The van der Waals surface area contributed by atoms with E-state index in [4.69, 9.17) is 16.3 Å². The van der Waals surface area contributed by atoms with Crippen molar-refractivity contribution in [3.05, 3.63) is 22.7 Å². The highest BCUT2D eigenvalue weighted by molar-refractivity contribution is 6.31. The molecule has 0 radical (unpaired) electrons. The minimum Gasteiger partial charge on any atom is -0.495 e. The van der Waals surface area contributed by atoms with E-state index in [1.54, 1.807) is 7.11 Å². The summed E-state index contributed by atoms with van der Waals surface area (Å²) in [5.74, 6) is 0.826. The molecule has 1 N–H and O–H groups in total. The van der Waals surface area contributed by atoms with E-state index in [9.17, 15) is 0 Å². The molecule has 0 saturated heterocycles. The van der Waals surface area contributed by atoms with E-state index in [1.165, 1.54) is 19.3 Å². The second-order valence-corrected chi connectivity index (χ2v) is 8.46. The van der Waals surface area contributed by atoms with Crippen molar-refractivity contribution in [3.63, 3.8) is 0 Å². The molecule has 1 aromatic rings. The molecule has 0 amide bonds. The van der Waals surface area contributed by atoms with Crippen LogP contribution in [0.3, 0.4) is 0 Å². The Bertz CT molecular complexity index is 506. The molecule has 0 heterocycles. The van der Waals surface area contributed by atoms with E-state index >= 15 is 0 Å². The molecule has 118 valence electrons. The molecule has 21 heavy (non-hydrogen) atoms. The van der Waals surface area contributed by atoms with Crippen molar-refractivity contribution in [2.75, 3.05) is 12.4 Å². The van der Waals surface area contributed by atoms with Crippen LogP contribution in [0.1, 0.15) is 52.5 Å². The minimum atomic E-state index is 0.369. The number of hydrogen-bond donors (Lipinski definition) is 1. The van der Waals surface area contributed by atoms with E-state index in [0.717, 1.165) is 22.0 Å². The zero-order valence-corrected chi connectivity index (χ0v) is 14.9. The summed E-state index contributed by atoms with van der Waals surface area (Å²) in [7, 11) is 1.70. The summed E-state index contributed by atoms with van der Waals surface area (Å²) in [6, 6.07) is 4.46. The van der Waals surface area contributed by atoms with E-state index in [-0.39, 0.29) is 0 Å². The lowest BCUT2D eigenvalue weighted by Gasteiger charge is -2.45. The standard InChI is InChI=1S/C18H28ClNO/c1-12-7-15(16(21-6)8-14(12)19)20-13-9-17(2,3)11-18(4,5)10-13/h7-8,13,20H,9-11H2,1-6H3. The first-order valence-corrected chi connectivity index (χ1v) is 8.10. The Kier molecular flexibility index (Phi) is 4.49. The fourth-order valence-corrected chi connectivity index (χ4v) is 4.27. The molecule has 0 aromatic heterocycles. The highest BCUT2D eigenvalue weighted by Gasteiger charge is 2.38. The van der Waals surface area contributed by atoms with Gasteiger partial charge in [-0.1, -0.05) is 39.3 Å². The van der Waals surface area contributed by atoms with E-state index in [1.807, 2.05) is 13.0 Å². The third-order valence-electron chi connectivity index (χ3n) is 4.40. The van der Waals surface area contributed by atoms with Gasteiger partial charge in [0.15, 0.2) is 0 Å². The van der Waals surface area contributed by atoms with Gasteiger partial charge in [-0.3, -0.25) is 0 Å².